The molecule has 2 atom stereocenters. The molecule has 2 rings (SSSR count). The Bertz CT molecular complexity index is 611. The summed E-state index contributed by atoms with van der Waals surface area (Å²) in [5.74, 6) is -0.260. The standard InChI is InChI=1S/C12H16ClNO4S2/c1-7-5-9(3-4-18-7)14-11(15)10-6-19-12(8(10)2)20(13,16)17/h6-7,9H,3-5H2,1-2H3,(H,14,15). The minimum absolute atomic E-state index is 0.0321. The van der Waals surface area contributed by atoms with Crippen molar-refractivity contribution < 1.29 is 17.9 Å². The predicted molar refractivity (Wildman–Crippen MR) is 78.0 cm³/mol. The molecule has 1 aliphatic heterocycles. The van der Waals surface area contributed by atoms with Gasteiger partial charge in [0, 0.05) is 28.7 Å². The Labute approximate surface area is 126 Å². The number of hydrogen-bond donors (Lipinski definition) is 1. The van der Waals surface area contributed by atoms with Gasteiger partial charge in [-0.15, -0.1) is 11.3 Å². The molecule has 0 saturated carbocycles. The number of thiophene rings is 1. The minimum atomic E-state index is -3.80. The van der Waals surface area contributed by atoms with Gasteiger partial charge in [-0.2, -0.15) is 0 Å². The fourth-order valence-electron chi connectivity index (χ4n) is 2.26. The van der Waals surface area contributed by atoms with Crippen LogP contribution in [0.2, 0.25) is 0 Å². The van der Waals surface area contributed by atoms with Gasteiger partial charge in [-0.1, -0.05) is 0 Å². The summed E-state index contributed by atoms with van der Waals surface area (Å²) in [7, 11) is 1.53. The van der Waals surface area contributed by atoms with Crippen LogP contribution in [0.4, 0.5) is 0 Å². The van der Waals surface area contributed by atoms with Crippen LogP contribution in [0, 0.1) is 6.92 Å². The molecule has 1 saturated heterocycles. The van der Waals surface area contributed by atoms with Crippen molar-refractivity contribution in [2.75, 3.05) is 6.61 Å². The van der Waals surface area contributed by atoms with Gasteiger partial charge in [0.15, 0.2) is 0 Å². The van der Waals surface area contributed by atoms with Crippen LogP contribution in [0.25, 0.3) is 0 Å². The lowest BCUT2D eigenvalue weighted by Crippen LogP contribution is -2.41. The molecule has 20 heavy (non-hydrogen) atoms. The molecule has 0 spiro atoms. The van der Waals surface area contributed by atoms with Crippen molar-refractivity contribution in [1.82, 2.24) is 5.32 Å². The number of hydrogen-bond acceptors (Lipinski definition) is 5. The molecular weight excluding hydrogens is 322 g/mol. The molecule has 1 N–H and O–H groups in total. The number of amides is 1. The molecule has 112 valence electrons. The molecule has 1 aliphatic rings. The van der Waals surface area contributed by atoms with E-state index in [4.69, 9.17) is 15.4 Å². The van der Waals surface area contributed by atoms with E-state index in [0.29, 0.717) is 17.7 Å². The maximum atomic E-state index is 12.2. The second-order valence-electron chi connectivity index (χ2n) is 4.88. The van der Waals surface area contributed by atoms with Gasteiger partial charge in [-0.25, -0.2) is 8.42 Å². The van der Waals surface area contributed by atoms with E-state index in [9.17, 15) is 13.2 Å². The number of ether oxygens (including phenoxy) is 1. The molecule has 0 aromatic carbocycles. The van der Waals surface area contributed by atoms with Gasteiger partial charge in [-0.3, -0.25) is 4.79 Å². The van der Waals surface area contributed by atoms with Crippen LogP contribution >= 0.6 is 22.0 Å². The van der Waals surface area contributed by atoms with Crippen LogP contribution in [0.1, 0.15) is 35.7 Å². The first-order valence-corrected chi connectivity index (χ1v) is 9.43. The molecule has 1 fully saturated rings. The number of rotatable bonds is 3. The summed E-state index contributed by atoms with van der Waals surface area (Å²) < 4.78 is 28.2. The molecule has 2 heterocycles. The van der Waals surface area contributed by atoms with Gasteiger partial charge >= 0.3 is 0 Å². The van der Waals surface area contributed by atoms with Gasteiger partial charge in [0.05, 0.1) is 11.7 Å². The van der Waals surface area contributed by atoms with E-state index >= 15 is 0 Å². The van der Waals surface area contributed by atoms with E-state index < -0.39 is 9.05 Å². The topological polar surface area (TPSA) is 72.5 Å². The maximum absolute atomic E-state index is 12.2. The zero-order valence-corrected chi connectivity index (χ0v) is 13.6. The first-order valence-electron chi connectivity index (χ1n) is 6.24. The number of halogens is 1. The van der Waals surface area contributed by atoms with Crippen molar-refractivity contribution in [2.24, 2.45) is 0 Å². The molecule has 1 aromatic rings. The third kappa shape index (κ3) is 3.52. The van der Waals surface area contributed by atoms with E-state index in [1.807, 2.05) is 6.92 Å². The zero-order chi connectivity index (χ0) is 14.9. The second kappa shape index (κ2) is 6.01. The highest BCUT2D eigenvalue weighted by Crippen LogP contribution is 2.29. The van der Waals surface area contributed by atoms with Crippen LogP contribution < -0.4 is 5.32 Å². The summed E-state index contributed by atoms with van der Waals surface area (Å²) in [6, 6.07) is 0.0570. The van der Waals surface area contributed by atoms with Crippen molar-refractivity contribution in [3.63, 3.8) is 0 Å². The highest BCUT2D eigenvalue weighted by molar-refractivity contribution is 8.15. The quantitative estimate of drug-likeness (QED) is 0.859. The van der Waals surface area contributed by atoms with E-state index in [1.54, 1.807) is 6.92 Å². The fraction of sp³-hybridized carbons (Fsp3) is 0.583. The van der Waals surface area contributed by atoms with Crippen molar-refractivity contribution in [1.29, 1.82) is 0 Å². The lowest BCUT2D eigenvalue weighted by atomic mass is 10.0. The molecule has 0 bridgehead atoms. The van der Waals surface area contributed by atoms with Crippen molar-refractivity contribution >= 4 is 37.0 Å². The predicted octanol–water partition coefficient (Wildman–Crippen LogP) is 2.28. The van der Waals surface area contributed by atoms with E-state index in [0.717, 1.165) is 24.2 Å². The van der Waals surface area contributed by atoms with Crippen LogP contribution in [-0.4, -0.2) is 33.1 Å². The van der Waals surface area contributed by atoms with Crippen LogP contribution in [0.3, 0.4) is 0 Å². The summed E-state index contributed by atoms with van der Waals surface area (Å²) in [5.41, 5.74) is 0.774. The minimum Gasteiger partial charge on any atom is -0.378 e. The first kappa shape index (κ1) is 15.8. The van der Waals surface area contributed by atoms with Crippen molar-refractivity contribution in [2.45, 2.75) is 43.0 Å². The van der Waals surface area contributed by atoms with Crippen molar-refractivity contribution in [3.8, 4) is 0 Å². The lowest BCUT2D eigenvalue weighted by Gasteiger charge is -2.27. The molecule has 0 radical (unpaired) electrons. The van der Waals surface area contributed by atoms with Crippen molar-refractivity contribution in [3.05, 3.63) is 16.5 Å². The van der Waals surface area contributed by atoms with E-state index in [2.05, 4.69) is 5.32 Å². The third-order valence-electron chi connectivity index (χ3n) is 3.28. The molecule has 1 aromatic heterocycles. The van der Waals surface area contributed by atoms with Gasteiger partial charge in [0.2, 0.25) is 0 Å². The molecule has 2 unspecified atom stereocenters. The zero-order valence-electron chi connectivity index (χ0n) is 11.2. The summed E-state index contributed by atoms with van der Waals surface area (Å²) in [5, 5.41) is 4.45. The Balaban J connectivity index is 2.12. The van der Waals surface area contributed by atoms with Crippen LogP contribution in [-0.2, 0) is 13.8 Å². The summed E-state index contributed by atoms with van der Waals surface area (Å²) in [6.45, 7) is 4.18. The lowest BCUT2D eigenvalue weighted by molar-refractivity contribution is 0.0136. The average molecular weight is 338 g/mol. The molecular formula is C12H16ClNO4S2. The number of carbonyl (C=O) groups is 1. The summed E-state index contributed by atoms with van der Waals surface area (Å²) in [6.07, 6.45) is 1.64. The van der Waals surface area contributed by atoms with Gasteiger partial charge in [0.1, 0.15) is 4.21 Å². The van der Waals surface area contributed by atoms with Crippen LogP contribution in [0.15, 0.2) is 9.59 Å². The molecule has 0 aliphatic carbocycles. The van der Waals surface area contributed by atoms with E-state index in [1.165, 1.54) is 5.38 Å². The molecule has 5 nitrogen and oxygen atoms in total. The molecule has 1 amide bonds. The summed E-state index contributed by atoms with van der Waals surface area (Å²) >= 11 is 0.969. The largest absolute Gasteiger partial charge is 0.378 e. The Kier molecular flexibility index (Phi) is 4.73. The highest BCUT2D eigenvalue weighted by atomic mass is 35.7. The Morgan fingerprint density at radius 2 is 2.25 bits per heavy atom. The van der Waals surface area contributed by atoms with Gasteiger partial charge in [-0.05, 0) is 32.3 Å². The van der Waals surface area contributed by atoms with Crippen LogP contribution in [0.5, 0.6) is 0 Å². The Hall–Kier alpha value is -0.630. The monoisotopic (exact) mass is 337 g/mol. The number of nitrogens with one attached hydrogen (secondary N) is 1. The average Bonchev–Trinajstić information content (AvgIpc) is 2.70. The second-order valence-corrected chi connectivity index (χ2v) is 8.52. The van der Waals surface area contributed by atoms with Gasteiger partial charge in [0.25, 0.3) is 15.0 Å². The third-order valence-corrected chi connectivity index (χ3v) is 6.59. The van der Waals surface area contributed by atoms with E-state index in [-0.39, 0.29) is 22.3 Å². The first-order chi connectivity index (χ1) is 9.29. The number of carbonyl (C=O) groups excluding carboxylic acids is 1. The highest BCUT2D eigenvalue weighted by Gasteiger charge is 2.25. The normalized spacial score (nSPS) is 23.6. The fourth-order valence-corrected chi connectivity index (χ4v) is 4.81. The Morgan fingerprint density at radius 1 is 1.55 bits per heavy atom. The molecule has 8 heteroatoms. The smallest absolute Gasteiger partial charge is 0.271 e. The SMILES string of the molecule is Cc1c(C(=O)NC2CCOC(C)C2)csc1S(=O)(=O)Cl. The summed E-state index contributed by atoms with van der Waals surface area (Å²) in [4.78, 5) is 12.2. The Morgan fingerprint density at radius 3 is 2.80 bits per heavy atom. The van der Waals surface area contributed by atoms with Gasteiger partial charge < -0.3 is 10.1 Å². The maximum Gasteiger partial charge on any atom is 0.271 e.